The van der Waals surface area contributed by atoms with E-state index in [9.17, 15) is 17.6 Å². The molecular weight excluding hydrogens is 373 g/mol. The molecule has 10 heteroatoms. The molecule has 0 atom stereocenters. The van der Waals surface area contributed by atoms with Crippen LogP contribution >= 0.6 is 15.9 Å². The molecule has 21 heavy (non-hydrogen) atoms. The van der Waals surface area contributed by atoms with Crippen molar-refractivity contribution in [2.45, 2.75) is 4.90 Å². The number of carboxylic acid groups (broad SMARTS) is 1. The summed E-state index contributed by atoms with van der Waals surface area (Å²) in [7, 11) is -4.22. The smallest absolute Gasteiger partial charge is 0.338 e. The molecule has 118 valence electrons. The second-order valence-corrected chi connectivity index (χ2v) is 6.46. The molecule has 0 aliphatic carbocycles. The number of aromatic carboxylic acids is 1. The zero-order valence-electron chi connectivity index (χ0n) is 10.7. The fraction of sp³-hybridized carbons (Fsp3) is 0.364. The Bertz CT molecular complexity index is 621. The quantitative estimate of drug-likeness (QED) is 0.564. The first-order chi connectivity index (χ1) is 9.79. The van der Waals surface area contributed by atoms with Crippen LogP contribution in [0.4, 0.5) is 4.39 Å². The average Bonchev–Trinajstić information content (AvgIpc) is 2.40. The van der Waals surface area contributed by atoms with Gasteiger partial charge in [-0.05, 0) is 12.1 Å². The predicted octanol–water partition coefficient (Wildman–Crippen LogP) is 0.574. The summed E-state index contributed by atoms with van der Waals surface area (Å²) in [4.78, 5) is 10.1. The van der Waals surface area contributed by atoms with Crippen LogP contribution in [0.3, 0.4) is 0 Å². The number of rotatable bonds is 8. The molecule has 0 unspecified atom stereocenters. The molecule has 1 aromatic rings. The Labute approximate surface area is 128 Å². The fourth-order valence-corrected chi connectivity index (χ4v) is 3.15. The Morgan fingerprint density at radius 3 is 2.62 bits per heavy atom. The molecule has 0 spiro atoms. The number of benzene rings is 1. The van der Waals surface area contributed by atoms with Crippen LogP contribution in [0, 0.1) is 5.82 Å². The van der Waals surface area contributed by atoms with E-state index >= 15 is 0 Å². The summed E-state index contributed by atoms with van der Waals surface area (Å²) in [5.74, 6) is -2.91. The van der Waals surface area contributed by atoms with Crippen molar-refractivity contribution >= 4 is 31.9 Å². The number of halogens is 2. The van der Waals surface area contributed by atoms with Crippen LogP contribution in [0.25, 0.3) is 0 Å². The van der Waals surface area contributed by atoms with E-state index in [1.165, 1.54) is 0 Å². The number of hydrogen-bond donors (Lipinski definition) is 3. The maximum atomic E-state index is 13.9. The van der Waals surface area contributed by atoms with Crippen LogP contribution in [0.15, 0.2) is 21.5 Å². The van der Waals surface area contributed by atoms with Crippen molar-refractivity contribution < 1.29 is 32.6 Å². The van der Waals surface area contributed by atoms with Gasteiger partial charge in [0.15, 0.2) is 5.82 Å². The third-order valence-corrected chi connectivity index (χ3v) is 4.22. The normalized spacial score (nSPS) is 11.6. The summed E-state index contributed by atoms with van der Waals surface area (Å²) in [6.45, 7) is -0.303. The molecular formula is C11H13BrFNO6S. The summed E-state index contributed by atoms with van der Waals surface area (Å²) < 4.78 is 44.9. The maximum absolute atomic E-state index is 13.9. The molecule has 1 rings (SSSR count). The standard InChI is InChI=1S/C11H13BrFNO6S/c12-7-5-8(11(16)17)10(13)9(6-7)21(18,19)14-1-3-20-4-2-15/h5-6,14-15H,1-4H2,(H,16,17). The number of hydrogen-bond acceptors (Lipinski definition) is 5. The zero-order chi connectivity index (χ0) is 16.0. The van der Waals surface area contributed by atoms with Crippen molar-refractivity contribution in [2.24, 2.45) is 0 Å². The summed E-state index contributed by atoms with van der Waals surface area (Å²) in [6.07, 6.45) is 0. The number of nitrogens with one attached hydrogen (secondary N) is 1. The van der Waals surface area contributed by atoms with Crippen LogP contribution in [0.1, 0.15) is 10.4 Å². The van der Waals surface area contributed by atoms with Crippen LogP contribution in [0.2, 0.25) is 0 Å². The lowest BCUT2D eigenvalue weighted by atomic mass is 10.2. The monoisotopic (exact) mass is 385 g/mol. The Kier molecular flexibility index (Phi) is 6.68. The van der Waals surface area contributed by atoms with Gasteiger partial charge >= 0.3 is 5.97 Å². The number of sulfonamides is 1. The van der Waals surface area contributed by atoms with Gasteiger partial charge in [-0.25, -0.2) is 22.3 Å². The Morgan fingerprint density at radius 1 is 1.38 bits per heavy atom. The molecule has 0 radical (unpaired) electrons. The third-order valence-electron chi connectivity index (χ3n) is 2.30. The lowest BCUT2D eigenvalue weighted by Gasteiger charge is -2.10. The van der Waals surface area contributed by atoms with Gasteiger partial charge < -0.3 is 14.9 Å². The van der Waals surface area contributed by atoms with E-state index < -0.39 is 32.3 Å². The molecule has 0 bridgehead atoms. The van der Waals surface area contributed by atoms with Crippen molar-refractivity contribution in [2.75, 3.05) is 26.4 Å². The van der Waals surface area contributed by atoms with Gasteiger partial charge in [-0.1, -0.05) is 15.9 Å². The second-order valence-electron chi connectivity index (χ2n) is 3.80. The summed E-state index contributed by atoms with van der Waals surface area (Å²) in [5.41, 5.74) is -0.749. The highest BCUT2D eigenvalue weighted by Gasteiger charge is 2.24. The second kappa shape index (κ2) is 7.80. The van der Waals surface area contributed by atoms with Gasteiger partial charge in [0, 0.05) is 11.0 Å². The van der Waals surface area contributed by atoms with Crippen molar-refractivity contribution in [1.29, 1.82) is 0 Å². The van der Waals surface area contributed by atoms with Gasteiger partial charge in [0.2, 0.25) is 10.0 Å². The highest BCUT2D eigenvalue weighted by molar-refractivity contribution is 9.10. The molecule has 0 fully saturated rings. The minimum absolute atomic E-state index is 0.0127. The molecule has 0 amide bonds. The molecule has 0 saturated heterocycles. The topological polar surface area (TPSA) is 113 Å². The van der Waals surface area contributed by atoms with Crippen LogP contribution in [-0.2, 0) is 14.8 Å². The van der Waals surface area contributed by atoms with Gasteiger partial charge in [-0.15, -0.1) is 0 Å². The highest BCUT2D eigenvalue weighted by Crippen LogP contribution is 2.24. The van der Waals surface area contributed by atoms with E-state index in [4.69, 9.17) is 14.9 Å². The van der Waals surface area contributed by atoms with Crippen LogP contribution in [0.5, 0.6) is 0 Å². The molecule has 1 aromatic carbocycles. The van der Waals surface area contributed by atoms with Crippen LogP contribution < -0.4 is 4.72 Å². The molecule has 0 aliphatic heterocycles. The average molecular weight is 386 g/mol. The van der Waals surface area contributed by atoms with E-state index in [1.54, 1.807) is 0 Å². The first kappa shape index (κ1) is 18.0. The zero-order valence-corrected chi connectivity index (χ0v) is 13.1. The number of aliphatic hydroxyl groups is 1. The number of aliphatic hydroxyl groups excluding tert-OH is 1. The lowest BCUT2D eigenvalue weighted by molar-refractivity contribution is 0.0691. The van der Waals surface area contributed by atoms with E-state index in [-0.39, 0.29) is 30.8 Å². The first-order valence-electron chi connectivity index (χ1n) is 5.70. The Balaban J connectivity index is 2.95. The molecule has 3 N–H and O–H groups in total. The minimum atomic E-state index is -4.22. The van der Waals surface area contributed by atoms with Crippen molar-refractivity contribution in [3.05, 3.63) is 28.0 Å². The van der Waals surface area contributed by atoms with E-state index in [1.807, 2.05) is 0 Å². The first-order valence-corrected chi connectivity index (χ1v) is 7.98. The fourth-order valence-electron chi connectivity index (χ4n) is 1.41. The van der Waals surface area contributed by atoms with Crippen molar-refractivity contribution in [1.82, 2.24) is 4.72 Å². The Hall–Kier alpha value is -1.07. The summed E-state index contributed by atoms with van der Waals surface area (Å²) in [6, 6.07) is 1.94. The van der Waals surface area contributed by atoms with Gasteiger partial charge in [-0.3, -0.25) is 0 Å². The minimum Gasteiger partial charge on any atom is -0.478 e. The predicted molar refractivity (Wildman–Crippen MR) is 74.2 cm³/mol. The van der Waals surface area contributed by atoms with E-state index in [2.05, 4.69) is 20.7 Å². The van der Waals surface area contributed by atoms with Crippen molar-refractivity contribution in [3.8, 4) is 0 Å². The SMILES string of the molecule is O=C(O)c1cc(Br)cc(S(=O)(=O)NCCOCCO)c1F. The molecule has 0 aliphatic rings. The Morgan fingerprint density at radius 2 is 2.05 bits per heavy atom. The lowest BCUT2D eigenvalue weighted by Crippen LogP contribution is -2.29. The summed E-state index contributed by atoms with van der Waals surface area (Å²) in [5, 5.41) is 17.3. The van der Waals surface area contributed by atoms with Gasteiger partial charge in [0.1, 0.15) is 4.90 Å². The van der Waals surface area contributed by atoms with Crippen molar-refractivity contribution in [3.63, 3.8) is 0 Å². The van der Waals surface area contributed by atoms with E-state index in [0.717, 1.165) is 12.1 Å². The number of carboxylic acids is 1. The number of ether oxygens (including phenoxy) is 1. The molecule has 7 nitrogen and oxygen atoms in total. The van der Waals surface area contributed by atoms with E-state index in [0.29, 0.717) is 0 Å². The summed E-state index contributed by atoms with van der Waals surface area (Å²) >= 11 is 2.94. The van der Waals surface area contributed by atoms with Gasteiger partial charge in [0.05, 0.1) is 25.4 Å². The van der Waals surface area contributed by atoms with Gasteiger partial charge in [-0.2, -0.15) is 0 Å². The van der Waals surface area contributed by atoms with Gasteiger partial charge in [0.25, 0.3) is 0 Å². The van der Waals surface area contributed by atoms with Crippen LogP contribution in [-0.4, -0.2) is 51.0 Å². The maximum Gasteiger partial charge on any atom is 0.338 e. The molecule has 0 aromatic heterocycles. The number of carbonyl (C=O) groups is 1. The largest absolute Gasteiger partial charge is 0.478 e. The molecule has 0 saturated carbocycles. The third kappa shape index (κ3) is 5.00. The molecule has 0 heterocycles. The highest BCUT2D eigenvalue weighted by atomic mass is 79.9.